The van der Waals surface area contributed by atoms with Crippen LogP contribution in [0.2, 0.25) is 0 Å². The van der Waals surface area contributed by atoms with Gasteiger partial charge in [-0.2, -0.15) is 0 Å². The van der Waals surface area contributed by atoms with Gasteiger partial charge in [-0.1, -0.05) is 30.3 Å². The van der Waals surface area contributed by atoms with Gasteiger partial charge in [0.2, 0.25) is 0 Å². The molecule has 0 aliphatic carbocycles. The van der Waals surface area contributed by atoms with Gasteiger partial charge in [0, 0.05) is 6.61 Å². The van der Waals surface area contributed by atoms with E-state index < -0.39 is 12.2 Å². The molecule has 0 aromatic heterocycles. The topological polar surface area (TPSA) is 55.8 Å². The third-order valence-electron chi connectivity index (χ3n) is 3.28. The molecule has 1 aliphatic rings. The summed E-state index contributed by atoms with van der Waals surface area (Å²) in [5.74, 6) is -0.338. The highest BCUT2D eigenvalue weighted by Gasteiger charge is 2.39. The number of ether oxygens (including phenoxy) is 2. The fraction of sp³-hybridized carbons (Fsp3) is 0.467. The molecule has 0 saturated carbocycles. The summed E-state index contributed by atoms with van der Waals surface area (Å²) in [5.41, 5.74) is 1.07. The molecule has 0 N–H and O–H groups in total. The van der Waals surface area contributed by atoms with Gasteiger partial charge in [0.25, 0.3) is 5.91 Å². The van der Waals surface area contributed by atoms with Crippen molar-refractivity contribution < 1.29 is 19.1 Å². The Morgan fingerprint density at radius 3 is 2.80 bits per heavy atom. The molecule has 0 unspecified atom stereocenters. The van der Waals surface area contributed by atoms with E-state index in [2.05, 4.69) is 0 Å². The van der Waals surface area contributed by atoms with Crippen LogP contribution in [0.5, 0.6) is 0 Å². The highest BCUT2D eigenvalue weighted by Crippen LogP contribution is 2.19. The zero-order valence-electron chi connectivity index (χ0n) is 11.7. The predicted molar refractivity (Wildman–Crippen MR) is 73.2 cm³/mol. The molecular weight excluding hydrogens is 258 g/mol. The Morgan fingerprint density at radius 1 is 1.45 bits per heavy atom. The standard InChI is InChI=1S/C15H19NO4/c1-3-19-11(2)14(17)16-13(10-20-15(16)18)9-12-7-5-4-6-8-12/h4-8,11,13H,3,9-10H2,1-2H3/t11-,13-/m0/s1. The fourth-order valence-corrected chi connectivity index (χ4v) is 2.28. The molecule has 5 heteroatoms. The number of hydrogen-bond acceptors (Lipinski definition) is 4. The van der Waals surface area contributed by atoms with Gasteiger partial charge in [0.15, 0.2) is 0 Å². The van der Waals surface area contributed by atoms with Crippen LogP contribution in [0.15, 0.2) is 30.3 Å². The minimum Gasteiger partial charge on any atom is -0.447 e. The molecule has 2 amide bonds. The van der Waals surface area contributed by atoms with Gasteiger partial charge in [0.1, 0.15) is 12.7 Å². The van der Waals surface area contributed by atoms with Crippen LogP contribution in [0.25, 0.3) is 0 Å². The molecule has 0 radical (unpaired) electrons. The van der Waals surface area contributed by atoms with Crippen molar-refractivity contribution in [2.75, 3.05) is 13.2 Å². The first kappa shape index (κ1) is 14.5. The van der Waals surface area contributed by atoms with Crippen molar-refractivity contribution in [3.63, 3.8) is 0 Å². The number of benzene rings is 1. The van der Waals surface area contributed by atoms with Crippen molar-refractivity contribution in [2.24, 2.45) is 0 Å². The van der Waals surface area contributed by atoms with E-state index in [1.807, 2.05) is 37.3 Å². The largest absolute Gasteiger partial charge is 0.447 e. The first-order valence-electron chi connectivity index (χ1n) is 6.78. The molecule has 0 bridgehead atoms. The molecule has 1 heterocycles. The molecule has 1 aromatic carbocycles. The molecule has 5 nitrogen and oxygen atoms in total. The van der Waals surface area contributed by atoms with Crippen LogP contribution in [0.1, 0.15) is 19.4 Å². The number of amides is 2. The third kappa shape index (κ3) is 3.17. The van der Waals surface area contributed by atoms with Crippen LogP contribution < -0.4 is 0 Å². The number of imide groups is 1. The molecule has 2 atom stereocenters. The SMILES string of the molecule is CCO[C@@H](C)C(=O)N1C(=O)OC[C@@H]1Cc1ccccc1. The average Bonchev–Trinajstić information content (AvgIpc) is 2.80. The zero-order chi connectivity index (χ0) is 14.5. The van der Waals surface area contributed by atoms with Crippen LogP contribution in [-0.2, 0) is 20.7 Å². The van der Waals surface area contributed by atoms with E-state index in [4.69, 9.17) is 9.47 Å². The van der Waals surface area contributed by atoms with E-state index in [0.29, 0.717) is 13.0 Å². The smallest absolute Gasteiger partial charge is 0.417 e. The van der Waals surface area contributed by atoms with Gasteiger partial charge in [-0.05, 0) is 25.8 Å². The number of hydrogen-bond donors (Lipinski definition) is 0. The monoisotopic (exact) mass is 277 g/mol. The minimum atomic E-state index is -0.635. The minimum absolute atomic E-state index is 0.234. The molecule has 2 rings (SSSR count). The van der Waals surface area contributed by atoms with Gasteiger partial charge in [-0.15, -0.1) is 0 Å². The van der Waals surface area contributed by atoms with Crippen LogP contribution in [0, 0.1) is 0 Å². The summed E-state index contributed by atoms with van der Waals surface area (Å²) in [5, 5.41) is 0. The van der Waals surface area contributed by atoms with E-state index in [0.717, 1.165) is 5.56 Å². The fourth-order valence-electron chi connectivity index (χ4n) is 2.28. The number of cyclic esters (lactones) is 1. The Morgan fingerprint density at radius 2 is 2.15 bits per heavy atom. The van der Waals surface area contributed by atoms with Crippen molar-refractivity contribution >= 4 is 12.0 Å². The van der Waals surface area contributed by atoms with Crippen LogP contribution in [0.3, 0.4) is 0 Å². The van der Waals surface area contributed by atoms with Gasteiger partial charge >= 0.3 is 6.09 Å². The molecule has 0 spiro atoms. The second kappa shape index (κ2) is 6.52. The normalized spacial score (nSPS) is 19.8. The summed E-state index contributed by atoms with van der Waals surface area (Å²) < 4.78 is 10.3. The number of carbonyl (C=O) groups is 2. The molecule has 20 heavy (non-hydrogen) atoms. The summed E-state index contributed by atoms with van der Waals surface area (Å²) >= 11 is 0. The van der Waals surface area contributed by atoms with Crippen molar-refractivity contribution in [1.29, 1.82) is 0 Å². The molecule has 1 aliphatic heterocycles. The van der Waals surface area contributed by atoms with Gasteiger partial charge in [0.05, 0.1) is 6.04 Å². The van der Waals surface area contributed by atoms with E-state index in [-0.39, 0.29) is 18.6 Å². The van der Waals surface area contributed by atoms with E-state index in [9.17, 15) is 9.59 Å². The number of rotatable bonds is 5. The van der Waals surface area contributed by atoms with Crippen molar-refractivity contribution in [3.05, 3.63) is 35.9 Å². The molecule has 108 valence electrons. The van der Waals surface area contributed by atoms with Crippen molar-refractivity contribution in [2.45, 2.75) is 32.4 Å². The average molecular weight is 277 g/mol. The van der Waals surface area contributed by atoms with Crippen molar-refractivity contribution in [1.82, 2.24) is 4.90 Å². The lowest BCUT2D eigenvalue weighted by atomic mass is 10.1. The Kier molecular flexibility index (Phi) is 4.74. The second-order valence-electron chi connectivity index (χ2n) is 4.73. The molecule has 1 fully saturated rings. The first-order valence-corrected chi connectivity index (χ1v) is 6.78. The van der Waals surface area contributed by atoms with E-state index in [1.165, 1.54) is 4.90 Å². The Bertz CT molecular complexity index is 474. The summed E-state index contributed by atoms with van der Waals surface area (Å²) in [6, 6.07) is 9.47. The molecule has 1 aromatic rings. The molecule has 1 saturated heterocycles. The number of nitrogens with zero attached hydrogens (tertiary/aromatic N) is 1. The summed E-state index contributed by atoms with van der Waals surface area (Å²) in [7, 11) is 0. The first-order chi connectivity index (χ1) is 9.63. The quantitative estimate of drug-likeness (QED) is 0.826. The van der Waals surface area contributed by atoms with Crippen LogP contribution in [-0.4, -0.2) is 42.3 Å². The predicted octanol–water partition coefficient (Wildman–Crippen LogP) is 2.00. The summed E-state index contributed by atoms with van der Waals surface area (Å²) in [4.78, 5) is 25.2. The summed E-state index contributed by atoms with van der Waals surface area (Å²) in [6.45, 7) is 4.13. The third-order valence-corrected chi connectivity index (χ3v) is 3.28. The van der Waals surface area contributed by atoms with E-state index in [1.54, 1.807) is 6.92 Å². The second-order valence-corrected chi connectivity index (χ2v) is 4.73. The lowest BCUT2D eigenvalue weighted by Gasteiger charge is -2.22. The maximum absolute atomic E-state index is 12.2. The summed E-state index contributed by atoms with van der Waals surface area (Å²) in [6.07, 6.45) is -0.622. The van der Waals surface area contributed by atoms with Crippen LogP contribution in [0.4, 0.5) is 4.79 Å². The van der Waals surface area contributed by atoms with E-state index >= 15 is 0 Å². The van der Waals surface area contributed by atoms with Crippen LogP contribution >= 0.6 is 0 Å². The number of carbonyl (C=O) groups excluding carboxylic acids is 2. The Balaban J connectivity index is 2.08. The lowest BCUT2D eigenvalue weighted by Crippen LogP contribution is -2.45. The highest BCUT2D eigenvalue weighted by atomic mass is 16.6. The highest BCUT2D eigenvalue weighted by molar-refractivity contribution is 5.95. The van der Waals surface area contributed by atoms with Gasteiger partial charge in [-0.25, -0.2) is 9.69 Å². The Labute approximate surface area is 118 Å². The molecular formula is C15H19NO4. The lowest BCUT2D eigenvalue weighted by molar-refractivity contribution is -0.140. The van der Waals surface area contributed by atoms with Crippen molar-refractivity contribution in [3.8, 4) is 0 Å². The maximum Gasteiger partial charge on any atom is 0.417 e. The van der Waals surface area contributed by atoms with Gasteiger partial charge < -0.3 is 9.47 Å². The van der Waals surface area contributed by atoms with Gasteiger partial charge in [-0.3, -0.25) is 4.79 Å². The zero-order valence-corrected chi connectivity index (χ0v) is 11.7. The maximum atomic E-state index is 12.2. The Hall–Kier alpha value is -1.88.